The van der Waals surface area contributed by atoms with Crippen molar-refractivity contribution in [1.82, 2.24) is 15.1 Å². The number of nitrogens with zero attached hydrogens (tertiary/aromatic N) is 2. The zero-order valence-corrected chi connectivity index (χ0v) is 17.9. The number of amides is 3. The Balaban J connectivity index is 1.70. The Bertz CT molecular complexity index is 935. The summed E-state index contributed by atoms with van der Waals surface area (Å²) >= 11 is 0. The number of carbonyl (C=O) groups is 2. The zero-order valence-electron chi connectivity index (χ0n) is 17.9. The van der Waals surface area contributed by atoms with E-state index >= 15 is 0 Å². The third kappa shape index (κ3) is 2.22. The molecule has 1 aromatic carbocycles. The number of aromatic hydroxyl groups is 1. The van der Waals surface area contributed by atoms with Gasteiger partial charge in [-0.1, -0.05) is 13.0 Å². The lowest BCUT2D eigenvalue weighted by atomic mass is 9.53. The first-order chi connectivity index (χ1) is 14.2. The van der Waals surface area contributed by atoms with Crippen LogP contribution in [0.5, 0.6) is 5.75 Å². The van der Waals surface area contributed by atoms with Crippen molar-refractivity contribution in [3.05, 3.63) is 29.3 Å². The van der Waals surface area contributed by atoms with Crippen LogP contribution in [0.25, 0.3) is 0 Å². The molecule has 0 radical (unpaired) electrons. The fourth-order valence-electron chi connectivity index (χ4n) is 7.10. The number of phenols is 1. The van der Waals surface area contributed by atoms with Gasteiger partial charge in [0.2, 0.25) is 0 Å². The Morgan fingerprint density at radius 1 is 1.20 bits per heavy atom. The molecule has 30 heavy (non-hydrogen) atoms. The van der Waals surface area contributed by atoms with Crippen molar-refractivity contribution >= 4 is 11.9 Å². The van der Waals surface area contributed by atoms with Gasteiger partial charge in [0.05, 0.1) is 5.60 Å². The van der Waals surface area contributed by atoms with E-state index in [1.165, 1.54) is 4.90 Å². The first-order valence-electron chi connectivity index (χ1n) is 11.2. The van der Waals surface area contributed by atoms with Gasteiger partial charge in [0.15, 0.2) is 0 Å². The molecule has 5 atom stereocenters. The molecule has 7 nitrogen and oxygen atoms in total. The number of imide groups is 1. The van der Waals surface area contributed by atoms with Gasteiger partial charge in [-0.2, -0.15) is 0 Å². The van der Waals surface area contributed by atoms with E-state index in [4.69, 9.17) is 0 Å². The first-order valence-corrected chi connectivity index (χ1v) is 11.2. The van der Waals surface area contributed by atoms with Crippen molar-refractivity contribution in [2.24, 2.45) is 0 Å². The largest absolute Gasteiger partial charge is 0.508 e. The predicted molar refractivity (Wildman–Crippen MR) is 111 cm³/mol. The normalized spacial score (nSPS) is 40.3. The summed E-state index contributed by atoms with van der Waals surface area (Å²) in [5.74, 6) is 0.218. The Hall–Kier alpha value is -2.12. The van der Waals surface area contributed by atoms with Gasteiger partial charge < -0.3 is 15.5 Å². The summed E-state index contributed by atoms with van der Waals surface area (Å²) in [5, 5.41) is 25.6. The summed E-state index contributed by atoms with van der Waals surface area (Å²) < 4.78 is 0. The van der Waals surface area contributed by atoms with Crippen LogP contribution in [-0.2, 0) is 10.2 Å². The summed E-state index contributed by atoms with van der Waals surface area (Å²) in [6.07, 6.45) is 1.94. The first kappa shape index (κ1) is 19.8. The molecule has 3 fully saturated rings. The molecule has 0 aromatic heterocycles. The third-order valence-electron chi connectivity index (χ3n) is 8.61. The van der Waals surface area contributed by atoms with Crippen LogP contribution in [0.1, 0.15) is 63.5 Å². The number of likely N-dealkylation sites (N-methyl/N-ethyl adjacent to an activating group) is 2. The number of carbonyl (C=O) groups excluding carboxylic acids is 2. The van der Waals surface area contributed by atoms with Crippen molar-refractivity contribution in [2.75, 3.05) is 19.6 Å². The van der Waals surface area contributed by atoms with Crippen LogP contribution < -0.4 is 5.32 Å². The molecule has 2 saturated heterocycles. The summed E-state index contributed by atoms with van der Waals surface area (Å²) in [6, 6.07) is 5.04. The molecule has 7 heteroatoms. The minimum atomic E-state index is -1.05. The smallest absolute Gasteiger partial charge is 0.325 e. The number of phenolic OH excluding ortho intramolecular Hbond substituents is 1. The highest BCUT2D eigenvalue weighted by atomic mass is 16.3. The number of likely N-dealkylation sites (tertiary alicyclic amines) is 1. The average Bonchev–Trinajstić information content (AvgIpc) is 3.10. The minimum Gasteiger partial charge on any atom is -0.508 e. The maximum atomic E-state index is 13.3. The van der Waals surface area contributed by atoms with Gasteiger partial charge in [0.1, 0.15) is 11.3 Å². The second-order valence-corrected chi connectivity index (χ2v) is 9.68. The fraction of sp³-hybridized carbons (Fsp3) is 0.652. The molecule has 5 rings (SSSR count). The van der Waals surface area contributed by atoms with Gasteiger partial charge >= 0.3 is 6.03 Å². The van der Waals surface area contributed by atoms with E-state index in [0.29, 0.717) is 25.8 Å². The standard InChI is InChI=1S/C23H31N3O4/c1-4-25-12-15-11-21(18-10-16(27)6-7-17(15)18)13-22(8-9-23(21,30)14(25)3)19(28)26(5-2)20(29)24-22/h6-7,10,14-15,27,30H,4-5,8-9,11-13H2,1-3H3,(H,24,29). The molecule has 2 aliphatic carbocycles. The summed E-state index contributed by atoms with van der Waals surface area (Å²) in [4.78, 5) is 29.5. The molecule has 5 unspecified atom stereocenters. The van der Waals surface area contributed by atoms with Gasteiger partial charge in [-0.15, -0.1) is 0 Å². The van der Waals surface area contributed by atoms with Crippen molar-refractivity contribution in [3.8, 4) is 5.75 Å². The number of rotatable bonds is 2. The van der Waals surface area contributed by atoms with Crippen molar-refractivity contribution in [1.29, 1.82) is 0 Å². The van der Waals surface area contributed by atoms with E-state index in [0.717, 1.165) is 30.6 Å². The van der Waals surface area contributed by atoms with Crippen LogP contribution in [0.2, 0.25) is 0 Å². The quantitative estimate of drug-likeness (QED) is 0.646. The molecule has 3 amide bonds. The number of fused-ring (bicyclic) bond motifs is 3. The number of benzene rings is 1. The van der Waals surface area contributed by atoms with Gasteiger partial charge in [0, 0.05) is 24.5 Å². The van der Waals surface area contributed by atoms with Gasteiger partial charge in [0.25, 0.3) is 5.91 Å². The summed E-state index contributed by atoms with van der Waals surface area (Å²) in [6.45, 7) is 8.03. The van der Waals surface area contributed by atoms with E-state index in [1.807, 2.05) is 6.07 Å². The van der Waals surface area contributed by atoms with Crippen LogP contribution in [0, 0.1) is 0 Å². The molecule has 2 aliphatic heterocycles. The molecule has 162 valence electrons. The second kappa shape index (κ2) is 6.20. The molecule has 2 heterocycles. The van der Waals surface area contributed by atoms with E-state index in [-0.39, 0.29) is 29.6 Å². The zero-order chi connectivity index (χ0) is 21.5. The highest BCUT2D eigenvalue weighted by molar-refractivity contribution is 6.07. The Kier molecular flexibility index (Phi) is 4.10. The highest BCUT2D eigenvalue weighted by Gasteiger charge is 2.69. The fourth-order valence-corrected chi connectivity index (χ4v) is 7.10. The molecule has 2 bridgehead atoms. The molecule has 2 spiro atoms. The Labute approximate surface area is 177 Å². The number of hydrogen-bond donors (Lipinski definition) is 3. The summed E-state index contributed by atoms with van der Waals surface area (Å²) in [5.41, 5.74) is -0.628. The Morgan fingerprint density at radius 2 is 1.97 bits per heavy atom. The number of aliphatic hydroxyl groups is 1. The number of hydrogen-bond acceptors (Lipinski definition) is 5. The van der Waals surface area contributed by atoms with Gasteiger partial charge in [-0.25, -0.2) is 4.79 Å². The van der Waals surface area contributed by atoms with Crippen molar-refractivity contribution in [3.63, 3.8) is 0 Å². The molecule has 1 saturated carbocycles. The second-order valence-electron chi connectivity index (χ2n) is 9.68. The van der Waals surface area contributed by atoms with Crippen LogP contribution in [0.15, 0.2) is 18.2 Å². The van der Waals surface area contributed by atoms with Crippen molar-refractivity contribution in [2.45, 2.75) is 75.0 Å². The van der Waals surface area contributed by atoms with Crippen LogP contribution in [0.4, 0.5) is 4.79 Å². The third-order valence-corrected chi connectivity index (χ3v) is 8.61. The number of urea groups is 1. The molecule has 4 aliphatic rings. The maximum absolute atomic E-state index is 13.3. The topological polar surface area (TPSA) is 93.1 Å². The monoisotopic (exact) mass is 413 g/mol. The lowest BCUT2D eigenvalue weighted by Crippen LogP contribution is -2.69. The van der Waals surface area contributed by atoms with E-state index in [1.54, 1.807) is 19.1 Å². The molecule has 1 aromatic rings. The molecular formula is C23H31N3O4. The SMILES string of the molecule is CCN1C(=O)NC2(CCC3(O)C(C)N(CC)CC4CC3(C2)c2cc(O)ccc24)C1=O. The van der Waals surface area contributed by atoms with Crippen molar-refractivity contribution < 1.29 is 19.8 Å². The van der Waals surface area contributed by atoms with Gasteiger partial charge in [-0.3, -0.25) is 14.6 Å². The lowest BCUT2D eigenvalue weighted by molar-refractivity contribution is -0.148. The predicted octanol–water partition coefficient (Wildman–Crippen LogP) is 2.07. The van der Waals surface area contributed by atoms with Crippen LogP contribution in [0.3, 0.4) is 0 Å². The van der Waals surface area contributed by atoms with E-state index < -0.39 is 16.6 Å². The molecule has 3 N–H and O–H groups in total. The van der Waals surface area contributed by atoms with Crippen LogP contribution >= 0.6 is 0 Å². The Morgan fingerprint density at radius 3 is 2.63 bits per heavy atom. The molecular weight excluding hydrogens is 382 g/mol. The maximum Gasteiger partial charge on any atom is 0.325 e. The van der Waals surface area contributed by atoms with Gasteiger partial charge in [-0.05, 0) is 75.3 Å². The van der Waals surface area contributed by atoms with E-state index in [9.17, 15) is 19.8 Å². The lowest BCUT2D eigenvalue weighted by Gasteiger charge is -2.57. The van der Waals surface area contributed by atoms with E-state index in [2.05, 4.69) is 24.1 Å². The van der Waals surface area contributed by atoms with Crippen LogP contribution in [-0.4, -0.2) is 68.8 Å². The average molecular weight is 414 g/mol. The minimum absolute atomic E-state index is 0.0881. The highest BCUT2D eigenvalue weighted by Crippen LogP contribution is 2.63. The summed E-state index contributed by atoms with van der Waals surface area (Å²) in [7, 11) is 0. The number of nitrogens with one attached hydrogen (secondary N) is 1.